The fourth-order valence-electron chi connectivity index (χ4n) is 2.42. The van der Waals surface area contributed by atoms with Gasteiger partial charge in [0.25, 0.3) is 0 Å². The van der Waals surface area contributed by atoms with Crippen molar-refractivity contribution in [3.63, 3.8) is 0 Å². The Morgan fingerprint density at radius 3 is 2.26 bits per heavy atom. The van der Waals surface area contributed by atoms with Crippen LogP contribution in [0.1, 0.15) is 41.5 Å². The SMILES string of the molecule is CC1C(N)=[N+](C(=N)C(F)(F)F)C(C)(C)CN1C(=O)OC(C)(C)C. The maximum Gasteiger partial charge on any atom is 0.481 e. The molecule has 0 radical (unpaired) electrons. The fraction of sp³-hybridized carbons (Fsp3) is 0.786. The minimum Gasteiger partial charge on any atom is -0.444 e. The van der Waals surface area contributed by atoms with Gasteiger partial charge in [-0.15, -0.1) is 0 Å². The highest BCUT2D eigenvalue weighted by molar-refractivity contribution is 5.91. The first-order valence-corrected chi connectivity index (χ1v) is 7.16. The van der Waals surface area contributed by atoms with Gasteiger partial charge in [-0.05, 0) is 41.5 Å². The zero-order valence-electron chi connectivity index (χ0n) is 14.2. The average Bonchev–Trinajstić information content (AvgIpc) is 2.30. The third-order valence-corrected chi connectivity index (χ3v) is 3.44. The van der Waals surface area contributed by atoms with Crippen LogP contribution in [-0.4, -0.2) is 57.1 Å². The third-order valence-electron chi connectivity index (χ3n) is 3.44. The summed E-state index contributed by atoms with van der Waals surface area (Å²) in [5.41, 5.74) is 3.92. The second-order valence-corrected chi connectivity index (χ2v) is 7.20. The first-order valence-electron chi connectivity index (χ1n) is 7.16. The lowest BCUT2D eigenvalue weighted by Gasteiger charge is -2.42. The molecular formula is C14H24F3N4O2+. The van der Waals surface area contributed by atoms with Crippen molar-refractivity contribution in [1.29, 1.82) is 5.41 Å². The van der Waals surface area contributed by atoms with Gasteiger partial charge in [0, 0.05) is 0 Å². The zero-order valence-corrected chi connectivity index (χ0v) is 14.2. The van der Waals surface area contributed by atoms with Crippen molar-refractivity contribution < 1.29 is 27.3 Å². The van der Waals surface area contributed by atoms with E-state index < -0.39 is 35.3 Å². The number of amides is 1. The van der Waals surface area contributed by atoms with Gasteiger partial charge in [0.2, 0.25) is 5.84 Å². The predicted molar refractivity (Wildman–Crippen MR) is 79.7 cm³/mol. The highest BCUT2D eigenvalue weighted by Crippen LogP contribution is 2.27. The normalized spacial score (nSPS) is 22.1. The van der Waals surface area contributed by atoms with E-state index in [0.29, 0.717) is 0 Å². The van der Waals surface area contributed by atoms with Gasteiger partial charge < -0.3 is 10.5 Å². The van der Waals surface area contributed by atoms with Crippen molar-refractivity contribution in [3.05, 3.63) is 0 Å². The minimum atomic E-state index is -4.82. The molecular weight excluding hydrogens is 313 g/mol. The molecule has 0 aromatic carbocycles. The second kappa shape index (κ2) is 5.68. The van der Waals surface area contributed by atoms with E-state index in [1.54, 1.807) is 20.8 Å². The molecule has 0 bridgehead atoms. The summed E-state index contributed by atoms with van der Waals surface area (Å²) in [5, 5.41) is 7.39. The van der Waals surface area contributed by atoms with Gasteiger partial charge in [0.05, 0.1) is 6.54 Å². The summed E-state index contributed by atoms with van der Waals surface area (Å²) in [6.45, 7) is 9.52. The van der Waals surface area contributed by atoms with Crippen molar-refractivity contribution in [2.75, 3.05) is 6.54 Å². The van der Waals surface area contributed by atoms with E-state index in [4.69, 9.17) is 15.9 Å². The van der Waals surface area contributed by atoms with E-state index in [1.165, 1.54) is 25.7 Å². The smallest absolute Gasteiger partial charge is 0.444 e. The standard InChI is InChI=1S/C14H23F3N4O2/c1-8-9(18)21(10(19)14(15,16)17)13(5,6)7-20(8)11(22)23-12(2,3)4/h8,18-19H,7H2,1-6H3/p+1. The van der Waals surface area contributed by atoms with Crippen LogP contribution < -0.4 is 5.73 Å². The number of halogens is 3. The van der Waals surface area contributed by atoms with Gasteiger partial charge in [0.15, 0.2) is 0 Å². The first-order chi connectivity index (χ1) is 10.1. The number of rotatable bonds is 0. The van der Waals surface area contributed by atoms with E-state index in [0.717, 1.165) is 4.58 Å². The van der Waals surface area contributed by atoms with Crippen LogP contribution in [0.15, 0.2) is 0 Å². The zero-order chi connectivity index (χ0) is 18.4. The van der Waals surface area contributed by atoms with E-state index in [9.17, 15) is 18.0 Å². The number of hydrogen-bond acceptors (Lipinski definition) is 4. The number of alkyl halides is 3. The molecule has 0 saturated carbocycles. The summed E-state index contributed by atoms with van der Waals surface area (Å²) in [7, 11) is 0. The van der Waals surface area contributed by atoms with Crippen LogP contribution in [0, 0.1) is 5.41 Å². The number of hydrogen-bond donors (Lipinski definition) is 2. The Kier molecular flexibility index (Phi) is 4.76. The average molecular weight is 337 g/mol. The molecule has 1 unspecified atom stereocenters. The Hall–Kier alpha value is -1.80. The molecule has 0 fully saturated rings. The maximum absolute atomic E-state index is 12.9. The Morgan fingerprint density at radius 2 is 1.87 bits per heavy atom. The first kappa shape index (κ1) is 19.2. The van der Waals surface area contributed by atoms with Crippen molar-refractivity contribution in [1.82, 2.24) is 4.90 Å². The Bertz CT molecular complexity index is 547. The molecule has 0 aliphatic carbocycles. The van der Waals surface area contributed by atoms with Crippen LogP contribution in [0.2, 0.25) is 0 Å². The van der Waals surface area contributed by atoms with Crippen molar-refractivity contribution >= 4 is 17.8 Å². The fourth-order valence-corrected chi connectivity index (χ4v) is 2.42. The van der Waals surface area contributed by atoms with E-state index in [1.807, 2.05) is 0 Å². The Balaban J connectivity index is 3.25. The molecule has 1 rings (SSSR count). The molecule has 132 valence electrons. The number of carbonyl (C=O) groups excluding carboxylic acids is 1. The lowest BCUT2D eigenvalue weighted by atomic mass is 9.98. The lowest BCUT2D eigenvalue weighted by Crippen LogP contribution is -2.66. The molecule has 1 heterocycles. The highest BCUT2D eigenvalue weighted by atomic mass is 19.4. The summed E-state index contributed by atoms with van der Waals surface area (Å²) in [6, 6.07) is -0.819. The number of nitrogens with one attached hydrogen (secondary N) is 1. The van der Waals surface area contributed by atoms with Crippen LogP contribution in [0.4, 0.5) is 18.0 Å². The van der Waals surface area contributed by atoms with Crippen molar-refractivity contribution in [2.45, 2.75) is 64.9 Å². The molecule has 0 spiro atoms. The lowest BCUT2D eigenvalue weighted by molar-refractivity contribution is -0.521. The van der Waals surface area contributed by atoms with Gasteiger partial charge in [-0.3, -0.25) is 4.90 Å². The van der Waals surface area contributed by atoms with E-state index >= 15 is 0 Å². The summed E-state index contributed by atoms with van der Waals surface area (Å²) in [6.07, 6.45) is -5.48. The molecule has 1 aliphatic rings. The van der Waals surface area contributed by atoms with E-state index in [2.05, 4.69) is 0 Å². The molecule has 9 heteroatoms. The molecule has 3 N–H and O–H groups in total. The third kappa shape index (κ3) is 4.14. The molecule has 0 saturated heterocycles. The summed E-state index contributed by atoms with van der Waals surface area (Å²) in [4.78, 5) is 13.5. The number of nitrogens with zero attached hydrogens (tertiary/aromatic N) is 2. The van der Waals surface area contributed by atoms with Gasteiger partial charge in [-0.25, -0.2) is 9.37 Å². The monoisotopic (exact) mass is 337 g/mol. The second-order valence-electron chi connectivity index (χ2n) is 7.20. The molecule has 23 heavy (non-hydrogen) atoms. The topological polar surface area (TPSA) is 82.4 Å². The summed E-state index contributed by atoms with van der Waals surface area (Å²) >= 11 is 0. The number of ether oxygens (including phenoxy) is 1. The molecule has 1 amide bonds. The van der Waals surface area contributed by atoms with Crippen molar-refractivity contribution in [3.8, 4) is 0 Å². The molecule has 6 nitrogen and oxygen atoms in total. The van der Waals surface area contributed by atoms with Crippen LogP contribution in [0.3, 0.4) is 0 Å². The molecule has 0 aromatic rings. The van der Waals surface area contributed by atoms with Gasteiger partial charge in [-0.1, -0.05) is 0 Å². The molecule has 0 aromatic heterocycles. The number of amidine groups is 2. The number of nitrogens with two attached hydrogens (primary N) is 1. The van der Waals surface area contributed by atoms with Gasteiger partial charge in [0.1, 0.15) is 17.2 Å². The summed E-state index contributed by atoms with van der Waals surface area (Å²) < 4.78 is 44.8. The predicted octanol–water partition coefficient (Wildman–Crippen LogP) is 2.31. The molecule has 1 aliphatic heterocycles. The van der Waals surface area contributed by atoms with E-state index in [-0.39, 0.29) is 12.4 Å². The van der Waals surface area contributed by atoms with Crippen LogP contribution >= 0.6 is 0 Å². The van der Waals surface area contributed by atoms with Gasteiger partial charge in [-0.2, -0.15) is 18.6 Å². The van der Waals surface area contributed by atoms with Crippen LogP contribution in [-0.2, 0) is 4.74 Å². The summed E-state index contributed by atoms with van der Waals surface area (Å²) in [5.74, 6) is -1.76. The van der Waals surface area contributed by atoms with Crippen LogP contribution in [0.5, 0.6) is 0 Å². The van der Waals surface area contributed by atoms with Crippen LogP contribution in [0.25, 0.3) is 0 Å². The molecule has 1 atom stereocenters. The quantitative estimate of drug-likeness (QED) is 0.404. The maximum atomic E-state index is 12.9. The number of carbonyl (C=O) groups is 1. The Morgan fingerprint density at radius 1 is 1.39 bits per heavy atom. The minimum absolute atomic E-state index is 0.0533. The Labute approximate surface area is 133 Å². The largest absolute Gasteiger partial charge is 0.481 e. The van der Waals surface area contributed by atoms with Crippen molar-refractivity contribution in [2.24, 2.45) is 5.73 Å². The highest BCUT2D eigenvalue weighted by Gasteiger charge is 2.52. The van der Waals surface area contributed by atoms with Gasteiger partial charge >= 0.3 is 18.1 Å².